The van der Waals surface area contributed by atoms with Gasteiger partial charge in [0.15, 0.2) is 8.32 Å². The third-order valence-corrected chi connectivity index (χ3v) is 10.7. The number of hydrogen-bond acceptors (Lipinski definition) is 2. The molecule has 2 aromatic rings. The Morgan fingerprint density at radius 2 is 1.59 bits per heavy atom. The molecule has 0 aliphatic rings. The lowest BCUT2D eigenvalue weighted by molar-refractivity contribution is 0.171. The van der Waals surface area contributed by atoms with Crippen molar-refractivity contribution in [2.75, 3.05) is 7.11 Å². The molecule has 5 heteroatoms. The highest BCUT2D eigenvalue weighted by Crippen LogP contribution is 2.38. The van der Waals surface area contributed by atoms with Crippen LogP contribution in [0.3, 0.4) is 0 Å². The van der Waals surface area contributed by atoms with Gasteiger partial charge in [-0.25, -0.2) is 8.78 Å². The maximum atomic E-state index is 13.5. The molecule has 1 atom stereocenters. The Hall–Kier alpha value is -1.72. The summed E-state index contributed by atoms with van der Waals surface area (Å²) in [6.45, 7) is 8.76. The van der Waals surface area contributed by atoms with E-state index in [4.69, 9.17) is 9.16 Å². The molecule has 1 unspecified atom stereocenters. The smallest absolute Gasteiger partial charge is 0.192 e. The number of hydrogen-bond donors (Lipinski definition) is 0. The van der Waals surface area contributed by atoms with Crippen molar-refractivity contribution in [3.05, 3.63) is 64.7 Å². The topological polar surface area (TPSA) is 18.5 Å². The van der Waals surface area contributed by atoms with E-state index in [9.17, 15) is 8.78 Å². The molecule has 29 heavy (non-hydrogen) atoms. The number of benzene rings is 2. The van der Waals surface area contributed by atoms with Crippen LogP contribution in [0.15, 0.2) is 36.4 Å². The second-order valence-corrected chi connectivity index (χ2v) is 12.4. The summed E-state index contributed by atoms with van der Waals surface area (Å²) in [7, 11) is -0.155. The molecule has 2 nitrogen and oxygen atoms in total. The number of ether oxygens (including phenoxy) is 1. The molecule has 0 aliphatic heterocycles. The molecule has 0 N–H and O–H groups in total. The van der Waals surface area contributed by atoms with Gasteiger partial charge in [-0.2, -0.15) is 0 Å². The van der Waals surface area contributed by atoms with Gasteiger partial charge in [0, 0.05) is 11.6 Å². The van der Waals surface area contributed by atoms with E-state index in [1.807, 2.05) is 12.1 Å². The predicted octanol–water partition coefficient (Wildman–Crippen LogP) is 7.37. The van der Waals surface area contributed by atoms with Crippen molar-refractivity contribution in [2.45, 2.75) is 71.2 Å². The summed E-state index contributed by atoms with van der Waals surface area (Å²) in [4.78, 5) is 0. The van der Waals surface area contributed by atoms with Crippen molar-refractivity contribution in [3.8, 4) is 5.75 Å². The average molecular weight is 421 g/mol. The van der Waals surface area contributed by atoms with Crippen LogP contribution in [-0.2, 0) is 10.8 Å². The number of halogens is 2. The minimum Gasteiger partial charge on any atom is -0.496 e. The van der Waals surface area contributed by atoms with Gasteiger partial charge in [0.25, 0.3) is 0 Å². The van der Waals surface area contributed by atoms with Gasteiger partial charge in [-0.15, -0.1) is 0 Å². The van der Waals surface area contributed by atoms with Crippen LogP contribution in [0.2, 0.25) is 18.1 Å². The molecule has 0 heterocycles. The maximum absolute atomic E-state index is 13.5. The average Bonchev–Trinajstić information content (AvgIpc) is 2.70. The minimum absolute atomic E-state index is 0.0731. The van der Waals surface area contributed by atoms with Gasteiger partial charge in [-0.1, -0.05) is 32.9 Å². The van der Waals surface area contributed by atoms with Crippen LogP contribution in [0.1, 0.15) is 56.4 Å². The fourth-order valence-electron chi connectivity index (χ4n) is 4.06. The van der Waals surface area contributed by atoms with Gasteiger partial charge >= 0.3 is 0 Å². The Kier molecular flexibility index (Phi) is 8.84. The quantitative estimate of drug-likeness (QED) is 0.353. The van der Waals surface area contributed by atoms with Crippen molar-refractivity contribution < 1.29 is 17.9 Å². The van der Waals surface area contributed by atoms with Gasteiger partial charge in [0.2, 0.25) is 0 Å². The zero-order chi connectivity index (χ0) is 21.4. The van der Waals surface area contributed by atoms with Crippen molar-refractivity contribution in [3.63, 3.8) is 0 Å². The van der Waals surface area contributed by atoms with Crippen LogP contribution < -0.4 is 4.74 Å². The largest absolute Gasteiger partial charge is 0.496 e. The Morgan fingerprint density at radius 3 is 2.14 bits per heavy atom. The van der Waals surface area contributed by atoms with Gasteiger partial charge in [-0.05, 0) is 73.6 Å². The Bertz CT molecular complexity index is 762. The van der Waals surface area contributed by atoms with E-state index in [-0.39, 0.29) is 6.10 Å². The van der Waals surface area contributed by atoms with E-state index in [1.54, 1.807) is 7.11 Å². The first-order valence-electron chi connectivity index (χ1n) is 10.6. The van der Waals surface area contributed by atoms with Gasteiger partial charge < -0.3 is 9.16 Å². The van der Waals surface area contributed by atoms with Crippen LogP contribution >= 0.6 is 0 Å². The summed E-state index contributed by atoms with van der Waals surface area (Å²) in [5, 5.41) is 0. The van der Waals surface area contributed by atoms with Gasteiger partial charge in [-0.3, -0.25) is 0 Å². The molecule has 2 rings (SSSR count). The standard InChI is InChI=1S/C24H34F2O2Si/c1-6-29(7-2,8-3)28-23(24-18(4)11-9-13-22(24)27-5)14-10-12-19-15-20(25)17-21(26)16-19/h9,11,13,15-17,23H,6-8,10,12,14H2,1-5H3. The van der Waals surface area contributed by atoms with E-state index >= 15 is 0 Å². The Labute approximate surface area is 175 Å². The number of rotatable bonds is 11. The van der Waals surface area contributed by atoms with Crippen molar-refractivity contribution in [1.82, 2.24) is 0 Å². The molecular formula is C24H34F2O2Si. The second kappa shape index (κ2) is 10.9. The summed E-state index contributed by atoms with van der Waals surface area (Å²) in [5.41, 5.74) is 2.94. The first kappa shape index (κ1) is 23.6. The van der Waals surface area contributed by atoms with E-state index in [2.05, 4.69) is 33.8 Å². The molecule has 0 spiro atoms. The highest BCUT2D eigenvalue weighted by molar-refractivity contribution is 6.73. The molecule has 0 bridgehead atoms. The molecule has 0 aliphatic carbocycles. The van der Waals surface area contributed by atoms with Gasteiger partial charge in [0.1, 0.15) is 17.4 Å². The van der Waals surface area contributed by atoms with Crippen LogP contribution in [0.5, 0.6) is 5.75 Å². The van der Waals surface area contributed by atoms with Crippen molar-refractivity contribution in [2.24, 2.45) is 0 Å². The SMILES string of the molecule is CC[Si](CC)(CC)OC(CCCc1cc(F)cc(F)c1)c1c(C)cccc1OC. The second-order valence-electron chi connectivity index (χ2n) is 7.71. The summed E-state index contributed by atoms with van der Waals surface area (Å²) in [5.74, 6) is -0.205. The number of methoxy groups -OCH3 is 1. The van der Waals surface area contributed by atoms with Crippen LogP contribution in [0.4, 0.5) is 8.78 Å². The zero-order valence-corrected chi connectivity index (χ0v) is 19.4. The molecule has 0 fully saturated rings. The van der Waals surface area contributed by atoms with Crippen molar-refractivity contribution >= 4 is 8.32 Å². The molecule has 0 radical (unpaired) electrons. The third-order valence-electron chi connectivity index (χ3n) is 6.01. The van der Waals surface area contributed by atoms with E-state index < -0.39 is 20.0 Å². The Morgan fingerprint density at radius 1 is 0.966 bits per heavy atom. The lowest BCUT2D eigenvalue weighted by atomic mass is 9.97. The predicted molar refractivity (Wildman–Crippen MR) is 118 cm³/mol. The van der Waals surface area contributed by atoms with Gasteiger partial charge in [0.05, 0.1) is 13.2 Å². The van der Waals surface area contributed by atoms with E-state index in [0.717, 1.165) is 53.9 Å². The lowest BCUT2D eigenvalue weighted by Crippen LogP contribution is -2.37. The Balaban J connectivity index is 2.27. The number of aryl methyl sites for hydroxylation is 2. The molecule has 2 aromatic carbocycles. The highest BCUT2D eigenvalue weighted by Gasteiger charge is 2.33. The zero-order valence-electron chi connectivity index (χ0n) is 18.4. The minimum atomic E-state index is -1.84. The lowest BCUT2D eigenvalue weighted by Gasteiger charge is -2.35. The fraction of sp³-hybridized carbons (Fsp3) is 0.500. The molecule has 0 saturated carbocycles. The normalized spacial score (nSPS) is 12.8. The van der Waals surface area contributed by atoms with Crippen LogP contribution in [0.25, 0.3) is 0 Å². The first-order chi connectivity index (χ1) is 13.9. The van der Waals surface area contributed by atoms with E-state index in [0.29, 0.717) is 12.0 Å². The van der Waals surface area contributed by atoms with Crippen LogP contribution in [-0.4, -0.2) is 15.4 Å². The van der Waals surface area contributed by atoms with Crippen LogP contribution in [0, 0.1) is 18.6 Å². The molecule has 160 valence electrons. The monoisotopic (exact) mass is 420 g/mol. The summed E-state index contributed by atoms with van der Waals surface area (Å²) in [6, 6.07) is 13.0. The maximum Gasteiger partial charge on any atom is 0.192 e. The molecule has 0 saturated heterocycles. The molecule has 0 amide bonds. The molecule has 0 aromatic heterocycles. The molecular weight excluding hydrogens is 386 g/mol. The van der Waals surface area contributed by atoms with Crippen molar-refractivity contribution in [1.29, 1.82) is 0 Å². The summed E-state index contributed by atoms with van der Waals surface area (Å²) >= 11 is 0. The summed E-state index contributed by atoms with van der Waals surface area (Å²) < 4.78 is 39.6. The van der Waals surface area contributed by atoms with E-state index in [1.165, 1.54) is 12.1 Å². The first-order valence-corrected chi connectivity index (χ1v) is 13.2. The third kappa shape index (κ3) is 6.13. The fourth-order valence-corrected chi connectivity index (χ4v) is 6.89. The highest BCUT2D eigenvalue weighted by atomic mass is 28.4. The summed E-state index contributed by atoms with van der Waals surface area (Å²) in [6.07, 6.45) is 2.11.